The van der Waals surface area contributed by atoms with E-state index in [0.717, 1.165) is 49.8 Å². The quantitative estimate of drug-likeness (QED) is 0.574. The maximum Gasteiger partial charge on any atom is 0.170 e. The normalized spacial score (nSPS) is 34.3. The maximum absolute atomic E-state index is 10.5. The molecule has 1 aromatic heterocycles. The molecule has 5 heteroatoms. The maximum atomic E-state index is 10.5. The van der Waals surface area contributed by atoms with Crippen LogP contribution in [0.1, 0.15) is 56.1 Å². The highest BCUT2D eigenvalue weighted by Crippen LogP contribution is 2.60. The van der Waals surface area contributed by atoms with Crippen molar-refractivity contribution >= 4 is 5.71 Å². The van der Waals surface area contributed by atoms with Crippen molar-refractivity contribution in [2.75, 3.05) is 0 Å². The monoisotopic (exact) mass is 352 g/mol. The summed E-state index contributed by atoms with van der Waals surface area (Å²) in [5.41, 5.74) is 4.42. The van der Waals surface area contributed by atoms with E-state index in [1.165, 1.54) is 11.1 Å². The van der Waals surface area contributed by atoms with Crippen molar-refractivity contribution in [3.05, 3.63) is 35.5 Å². The second-order valence-corrected chi connectivity index (χ2v) is 8.40. The van der Waals surface area contributed by atoms with Crippen molar-refractivity contribution in [1.29, 1.82) is 0 Å². The Morgan fingerprint density at radius 2 is 2.12 bits per heavy atom. The fourth-order valence-corrected chi connectivity index (χ4v) is 6.11. The number of phenols is 1. The van der Waals surface area contributed by atoms with Gasteiger partial charge in [-0.15, -0.1) is 0 Å². The summed E-state index contributed by atoms with van der Waals surface area (Å²) in [6, 6.07) is 5.84. The van der Waals surface area contributed by atoms with Gasteiger partial charge in [-0.05, 0) is 79.5 Å². The Labute approximate surface area is 152 Å². The molecule has 0 radical (unpaired) electrons. The van der Waals surface area contributed by atoms with E-state index in [0.29, 0.717) is 23.5 Å². The van der Waals surface area contributed by atoms with E-state index in [1.807, 2.05) is 6.07 Å². The fraction of sp³-hybridized carbons (Fsp3) is 0.524. The van der Waals surface area contributed by atoms with Crippen LogP contribution in [0.5, 0.6) is 5.75 Å². The van der Waals surface area contributed by atoms with Crippen LogP contribution in [0.15, 0.2) is 34.1 Å². The number of rotatable bonds is 1. The molecule has 2 aromatic rings. The molecule has 5 rings (SSSR count). The Kier molecular flexibility index (Phi) is 3.43. The predicted octanol–water partition coefficient (Wildman–Crippen LogP) is 4.73. The van der Waals surface area contributed by atoms with Crippen molar-refractivity contribution in [3.63, 3.8) is 0 Å². The number of fused-ring (bicyclic) bond motifs is 5. The third-order valence-corrected chi connectivity index (χ3v) is 7.41. The molecule has 0 unspecified atom stereocenters. The minimum atomic E-state index is 0.0537. The zero-order chi connectivity index (χ0) is 17.9. The molecule has 0 aliphatic heterocycles. The molecule has 136 valence electrons. The number of aryl methyl sites for hydroxylation is 1. The van der Waals surface area contributed by atoms with Gasteiger partial charge in [0.05, 0.1) is 17.5 Å². The summed E-state index contributed by atoms with van der Waals surface area (Å²) in [6.45, 7) is 2.29. The largest absolute Gasteiger partial charge is 0.507 e. The van der Waals surface area contributed by atoms with Crippen molar-refractivity contribution in [2.45, 2.75) is 51.4 Å². The molecule has 26 heavy (non-hydrogen) atoms. The molecule has 0 saturated heterocycles. The van der Waals surface area contributed by atoms with Gasteiger partial charge in [0.1, 0.15) is 5.75 Å². The zero-order valence-electron chi connectivity index (χ0n) is 15.0. The molecule has 2 saturated carbocycles. The van der Waals surface area contributed by atoms with Gasteiger partial charge < -0.3 is 14.8 Å². The van der Waals surface area contributed by atoms with Crippen LogP contribution in [0.25, 0.3) is 11.3 Å². The summed E-state index contributed by atoms with van der Waals surface area (Å²) < 4.78 is 5.29. The van der Waals surface area contributed by atoms with Crippen LogP contribution < -0.4 is 0 Å². The number of benzene rings is 1. The summed E-state index contributed by atoms with van der Waals surface area (Å²) >= 11 is 0. The Morgan fingerprint density at radius 3 is 2.88 bits per heavy atom. The lowest BCUT2D eigenvalue weighted by atomic mass is 9.55. The van der Waals surface area contributed by atoms with E-state index in [-0.39, 0.29) is 11.2 Å². The van der Waals surface area contributed by atoms with Crippen molar-refractivity contribution < 1.29 is 14.8 Å². The van der Waals surface area contributed by atoms with E-state index < -0.39 is 0 Å². The molecule has 2 fully saturated rings. The van der Waals surface area contributed by atoms with Crippen LogP contribution in [0.3, 0.4) is 0 Å². The molecule has 1 heterocycles. The topological polar surface area (TPSA) is 78.9 Å². The number of phenolic OH excluding ortho intramolecular Hbond substituents is 1. The van der Waals surface area contributed by atoms with Crippen molar-refractivity contribution in [1.82, 2.24) is 5.16 Å². The first-order valence-electron chi connectivity index (χ1n) is 9.60. The van der Waals surface area contributed by atoms with E-state index in [4.69, 9.17) is 4.52 Å². The summed E-state index contributed by atoms with van der Waals surface area (Å²) in [5.74, 6) is 2.60. The Hall–Kier alpha value is -2.30. The smallest absolute Gasteiger partial charge is 0.170 e. The number of aromatic hydroxyl groups is 1. The van der Waals surface area contributed by atoms with E-state index in [2.05, 4.69) is 23.3 Å². The standard InChI is InChI=1S/C21H24N2O3/c1-21-8-6-13-14(17(21)4-5-20(21)23-25)3-2-12-10-18(24)16(11-15(12)13)19-7-9-22-26-19/h7,9-11,13-14,17,24-25H,2-6,8H2,1H3/t13-,14+,17-,21+/m0/s1. The van der Waals surface area contributed by atoms with Gasteiger partial charge in [0.15, 0.2) is 5.76 Å². The highest BCUT2D eigenvalue weighted by molar-refractivity contribution is 5.92. The SMILES string of the molecule is C[C@@]12CC[C@@H]3c4cc(-c5ccno5)c(O)cc4CC[C@H]3[C@@H]1CCC2=NO. The number of oxime groups is 1. The van der Waals surface area contributed by atoms with Crippen LogP contribution in [0, 0.1) is 17.3 Å². The molecule has 0 bridgehead atoms. The Bertz CT molecular complexity index is 874. The fourth-order valence-electron chi connectivity index (χ4n) is 6.11. The second kappa shape index (κ2) is 5.60. The van der Waals surface area contributed by atoms with Gasteiger partial charge in [-0.1, -0.05) is 17.2 Å². The lowest BCUT2D eigenvalue weighted by molar-refractivity contribution is 0.0938. The molecule has 0 spiro atoms. The number of nitrogens with zero attached hydrogens (tertiary/aromatic N) is 2. The predicted molar refractivity (Wildman–Crippen MR) is 97.4 cm³/mol. The average molecular weight is 352 g/mol. The molecule has 2 N–H and O–H groups in total. The summed E-state index contributed by atoms with van der Waals surface area (Å²) in [4.78, 5) is 0. The molecule has 3 aliphatic rings. The average Bonchev–Trinajstić information content (AvgIpc) is 3.27. The minimum absolute atomic E-state index is 0.0537. The lowest BCUT2D eigenvalue weighted by Gasteiger charge is -2.49. The van der Waals surface area contributed by atoms with Gasteiger partial charge in [-0.2, -0.15) is 0 Å². The molecule has 1 aromatic carbocycles. The number of hydrogen-bond donors (Lipinski definition) is 2. The van der Waals surface area contributed by atoms with E-state index >= 15 is 0 Å². The van der Waals surface area contributed by atoms with Crippen LogP contribution in [0.4, 0.5) is 0 Å². The van der Waals surface area contributed by atoms with Gasteiger partial charge >= 0.3 is 0 Å². The van der Waals surface area contributed by atoms with Gasteiger partial charge in [0, 0.05) is 11.5 Å². The first-order chi connectivity index (χ1) is 12.6. The van der Waals surface area contributed by atoms with Gasteiger partial charge in [-0.25, -0.2) is 0 Å². The Morgan fingerprint density at radius 1 is 1.23 bits per heavy atom. The molecule has 3 aliphatic carbocycles. The molecular formula is C21H24N2O3. The third kappa shape index (κ3) is 2.09. The Balaban J connectivity index is 1.56. The molecule has 4 atom stereocenters. The van der Waals surface area contributed by atoms with Gasteiger partial charge in [-0.3, -0.25) is 0 Å². The lowest BCUT2D eigenvalue weighted by Crippen LogP contribution is -2.42. The van der Waals surface area contributed by atoms with Crippen LogP contribution in [-0.4, -0.2) is 21.2 Å². The highest BCUT2D eigenvalue weighted by Gasteiger charge is 2.53. The summed E-state index contributed by atoms with van der Waals surface area (Å²) in [7, 11) is 0. The number of hydrogen-bond acceptors (Lipinski definition) is 5. The van der Waals surface area contributed by atoms with E-state index in [1.54, 1.807) is 12.3 Å². The first kappa shape index (κ1) is 15.9. The third-order valence-electron chi connectivity index (χ3n) is 7.41. The molecule has 0 amide bonds. The summed E-state index contributed by atoms with van der Waals surface area (Å²) in [6.07, 6.45) is 7.97. The van der Waals surface area contributed by atoms with Crippen LogP contribution >= 0.6 is 0 Å². The number of aromatic nitrogens is 1. The van der Waals surface area contributed by atoms with Crippen LogP contribution in [-0.2, 0) is 6.42 Å². The van der Waals surface area contributed by atoms with Crippen molar-refractivity contribution in [3.8, 4) is 17.1 Å². The summed E-state index contributed by atoms with van der Waals surface area (Å²) in [5, 5.41) is 27.3. The van der Waals surface area contributed by atoms with E-state index in [9.17, 15) is 10.3 Å². The molecular weight excluding hydrogens is 328 g/mol. The van der Waals surface area contributed by atoms with Crippen molar-refractivity contribution in [2.24, 2.45) is 22.4 Å². The minimum Gasteiger partial charge on any atom is -0.507 e. The van der Waals surface area contributed by atoms with Gasteiger partial charge in [0.25, 0.3) is 0 Å². The molecule has 5 nitrogen and oxygen atoms in total. The first-order valence-corrected chi connectivity index (χ1v) is 9.60. The zero-order valence-corrected chi connectivity index (χ0v) is 15.0. The highest BCUT2D eigenvalue weighted by atomic mass is 16.5. The van der Waals surface area contributed by atoms with Gasteiger partial charge in [0.2, 0.25) is 0 Å². The second-order valence-electron chi connectivity index (χ2n) is 8.40. The van der Waals surface area contributed by atoms with Crippen LogP contribution in [0.2, 0.25) is 0 Å².